The molecule has 3 aliphatic rings. The molecule has 0 bridgehead atoms. The Bertz CT molecular complexity index is 516. The van der Waals surface area contributed by atoms with Crippen LogP contribution >= 0.6 is 0 Å². The Kier molecular flexibility index (Phi) is 2.97. The van der Waals surface area contributed by atoms with Gasteiger partial charge in [-0.2, -0.15) is 0 Å². The standard InChI is InChI=1S/C15H20N2O3/c18-13-6-15-14(19-9-20-15)5-10(13)7-16-11-3-4-17(8-11)12-1-2-12/h5-6,11-12,16,18H,1-4,7-9H2. The van der Waals surface area contributed by atoms with Gasteiger partial charge in [-0.3, -0.25) is 4.90 Å². The van der Waals surface area contributed by atoms with E-state index in [1.807, 2.05) is 6.07 Å². The number of nitrogens with one attached hydrogen (secondary N) is 1. The van der Waals surface area contributed by atoms with E-state index in [9.17, 15) is 5.11 Å². The molecule has 1 saturated carbocycles. The molecule has 0 amide bonds. The SMILES string of the molecule is Oc1cc2c(cc1CNC1CCN(C3CC3)C1)OCO2. The average molecular weight is 276 g/mol. The maximum Gasteiger partial charge on any atom is 0.231 e. The van der Waals surface area contributed by atoms with Gasteiger partial charge in [-0.25, -0.2) is 0 Å². The monoisotopic (exact) mass is 276 g/mol. The highest BCUT2D eigenvalue weighted by Gasteiger charge is 2.34. The second-order valence-corrected chi connectivity index (χ2v) is 5.93. The number of aromatic hydroxyl groups is 1. The fraction of sp³-hybridized carbons (Fsp3) is 0.600. The van der Waals surface area contributed by atoms with Crippen molar-refractivity contribution in [1.82, 2.24) is 10.2 Å². The molecule has 2 heterocycles. The van der Waals surface area contributed by atoms with Gasteiger partial charge >= 0.3 is 0 Å². The van der Waals surface area contributed by atoms with Crippen LogP contribution in [0.15, 0.2) is 12.1 Å². The molecule has 5 heteroatoms. The molecule has 4 rings (SSSR count). The summed E-state index contributed by atoms with van der Waals surface area (Å²) in [4.78, 5) is 2.58. The maximum atomic E-state index is 10.0. The number of hydrogen-bond acceptors (Lipinski definition) is 5. The summed E-state index contributed by atoms with van der Waals surface area (Å²) < 4.78 is 10.6. The molecule has 2 aliphatic heterocycles. The molecule has 1 aliphatic carbocycles. The fourth-order valence-corrected chi connectivity index (χ4v) is 3.09. The van der Waals surface area contributed by atoms with Gasteiger partial charge in [0.15, 0.2) is 11.5 Å². The van der Waals surface area contributed by atoms with E-state index in [0.29, 0.717) is 18.3 Å². The van der Waals surface area contributed by atoms with Gasteiger partial charge in [0.1, 0.15) is 5.75 Å². The lowest BCUT2D eigenvalue weighted by Crippen LogP contribution is -2.32. The predicted molar refractivity (Wildman–Crippen MR) is 74.1 cm³/mol. The van der Waals surface area contributed by atoms with Crippen LogP contribution in [0.3, 0.4) is 0 Å². The second-order valence-electron chi connectivity index (χ2n) is 5.93. The summed E-state index contributed by atoms with van der Waals surface area (Å²) in [6.45, 7) is 3.25. The fourth-order valence-electron chi connectivity index (χ4n) is 3.09. The van der Waals surface area contributed by atoms with Crippen LogP contribution in [0.5, 0.6) is 17.2 Å². The molecule has 108 valence electrons. The van der Waals surface area contributed by atoms with Crippen molar-refractivity contribution in [2.24, 2.45) is 0 Å². The highest BCUT2D eigenvalue weighted by Crippen LogP contribution is 2.37. The van der Waals surface area contributed by atoms with E-state index in [1.165, 1.54) is 25.8 Å². The third-order valence-corrected chi connectivity index (χ3v) is 4.44. The first-order valence-corrected chi connectivity index (χ1v) is 7.38. The number of nitrogens with zero attached hydrogens (tertiary/aromatic N) is 1. The minimum absolute atomic E-state index is 0.241. The molecule has 0 aromatic heterocycles. The van der Waals surface area contributed by atoms with E-state index >= 15 is 0 Å². The van der Waals surface area contributed by atoms with Gasteiger partial charge in [-0.05, 0) is 25.3 Å². The summed E-state index contributed by atoms with van der Waals surface area (Å²) in [6, 6.07) is 4.89. The third-order valence-electron chi connectivity index (χ3n) is 4.44. The number of phenolic OH excluding ortho intramolecular Hbond substituents is 1. The van der Waals surface area contributed by atoms with Crippen LogP contribution in [-0.2, 0) is 6.54 Å². The Morgan fingerprint density at radius 3 is 2.80 bits per heavy atom. The lowest BCUT2D eigenvalue weighted by atomic mass is 10.1. The van der Waals surface area contributed by atoms with Crippen molar-refractivity contribution in [3.05, 3.63) is 17.7 Å². The topological polar surface area (TPSA) is 54.0 Å². The van der Waals surface area contributed by atoms with E-state index in [2.05, 4.69) is 10.2 Å². The number of phenols is 1. The van der Waals surface area contributed by atoms with E-state index in [4.69, 9.17) is 9.47 Å². The highest BCUT2D eigenvalue weighted by molar-refractivity contribution is 5.51. The molecule has 0 spiro atoms. The third kappa shape index (κ3) is 2.31. The van der Waals surface area contributed by atoms with Crippen molar-refractivity contribution >= 4 is 0 Å². The lowest BCUT2D eigenvalue weighted by Gasteiger charge is -2.16. The Hall–Kier alpha value is -1.46. The predicted octanol–water partition coefficient (Wildman–Crippen LogP) is 1.45. The van der Waals surface area contributed by atoms with E-state index in [-0.39, 0.29) is 12.5 Å². The Morgan fingerprint density at radius 2 is 2.00 bits per heavy atom. The molecule has 1 aromatic rings. The molecule has 5 nitrogen and oxygen atoms in total. The van der Waals surface area contributed by atoms with Gasteiger partial charge in [0.2, 0.25) is 6.79 Å². The first kappa shape index (κ1) is 12.3. The largest absolute Gasteiger partial charge is 0.507 e. The summed E-state index contributed by atoms with van der Waals surface area (Å²) in [5.74, 6) is 1.64. The summed E-state index contributed by atoms with van der Waals surface area (Å²) >= 11 is 0. The normalized spacial score (nSPS) is 25.3. The van der Waals surface area contributed by atoms with E-state index < -0.39 is 0 Å². The van der Waals surface area contributed by atoms with Crippen LogP contribution in [0.2, 0.25) is 0 Å². The summed E-state index contributed by atoms with van der Waals surface area (Å²) in [7, 11) is 0. The molecule has 1 saturated heterocycles. The lowest BCUT2D eigenvalue weighted by molar-refractivity contribution is 0.174. The van der Waals surface area contributed by atoms with Crippen LogP contribution in [0.25, 0.3) is 0 Å². The van der Waals surface area contributed by atoms with Crippen LogP contribution in [0, 0.1) is 0 Å². The first-order valence-electron chi connectivity index (χ1n) is 7.38. The summed E-state index contributed by atoms with van der Waals surface area (Å²) in [5.41, 5.74) is 0.874. The van der Waals surface area contributed by atoms with E-state index in [0.717, 1.165) is 23.9 Å². The number of ether oxygens (including phenoxy) is 2. The van der Waals surface area contributed by atoms with Crippen molar-refractivity contribution in [2.45, 2.75) is 37.9 Å². The molecule has 2 N–H and O–H groups in total. The summed E-state index contributed by atoms with van der Waals surface area (Å²) in [5, 5.41) is 13.6. The zero-order chi connectivity index (χ0) is 13.5. The Balaban J connectivity index is 1.37. The van der Waals surface area contributed by atoms with Crippen molar-refractivity contribution < 1.29 is 14.6 Å². The van der Waals surface area contributed by atoms with Gasteiger partial charge in [0, 0.05) is 43.3 Å². The minimum atomic E-state index is 0.241. The van der Waals surface area contributed by atoms with Crippen LogP contribution in [0.4, 0.5) is 0 Å². The van der Waals surface area contributed by atoms with Gasteiger partial charge in [-0.1, -0.05) is 0 Å². The van der Waals surface area contributed by atoms with Crippen molar-refractivity contribution in [3.63, 3.8) is 0 Å². The van der Waals surface area contributed by atoms with Crippen molar-refractivity contribution in [3.8, 4) is 17.2 Å². The zero-order valence-electron chi connectivity index (χ0n) is 11.5. The van der Waals surface area contributed by atoms with Crippen LogP contribution < -0.4 is 14.8 Å². The molecular weight excluding hydrogens is 256 g/mol. The van der Waals surface area contributed by atoms with Crippen LogP contribution in [0.1, 0.15) is 24.8 Å². The molecule has 0 radical (unpaired) electrons. The first-order chi connectivity index (χ1) is 9.79. The zero-order valence-corrected chi connectivity index (χ0v) is 11.5. The van der Waals surface area contributed by atoms with Gasteiger partial charge in [0.25, 0.3) is 0 Å². The Morgan fingerprint density at radius 1 is 1.20 bits per heavy atom. The van der Waals surface area contributed by atoms with Gasteiger partial charge in [-0.15, -0.1) is 0 Å². The average Bonchev–Trinajstić information content (AvgIpc) is 3.02. The van der Waals surface area contributed by atoms with Gasteiger partial charge in [0.05, 0.1) is 0 Å². The highest BCUT2D eigenvalue weighted by atomic mass is 16.7. The molecule has 2 fully saturated rings. The van der Waals surface area contributed by atoms with Crippen molar-refractivity contribution in [1.29, 1.82) is 0 Å². The molecule has 1 atom stereocenters. The molecule has 20 heavy (non-hydrogen) atoms. The number of rotatable bonds is 4. The molecule has 1 aromatic carbocycles. The maximum absolute atomic E-state index is 10.0. The number of benzene rings is 1. The van der Waals surface area contributed by atoms with Crippen LogP contribution in [-0.4, -0.2) is 42.0 Å². The van der Waals surface area contributed by atoms with E-state index in [1.54, 1.807) is 6.07 Å². The smallest absolute Gasteiger partial charge is 0.231 e. The Labute approximate surface area is 118 Å². The molecular formula is C15H20N2O3. The quantitative estimate of drug-likeness (QED) is 0.871. The van der Waals surface area contributed by atoms with Crippen molar-refractivity contribution in [2.75, 3.05) is 19.9 Å². The number of likely N-dealkylation sites (tertiary alicyclic amines) is 1. The van der Waals surface area contributed by atoms with Gasteiger partial charge < -0.3 is 19.9 Å². The number of fused-ring (bicyclic) bond motifs is 1. The summed E-state index contributed by atoms with van der Waals surface area (Å²) in [6.07, 6.45) is 3.94. The number of hydrogen-bond donors (Lipinski definition) is 2. The second kappa shape index (κ2) is 4.82. The minimum Gasteiger partial charge on any atom is -0.507 e. The molecule has 1 unspecified atom stereocenters.